The van der Waals surface area contributed by atoms with E-state index >= 15 is 0 Å². The highest BCUT2D eigenvalue weighted by Gasteiger charge is 2.29. The van der Waals surface area contributed by atoms with Crippen LogP contribution in [-0.2, 0) is 10.0 Å². The number of benzene rings is 2. The number of nitrogens with one attached hydrogen (secondary N) is 2. The molecule has 0 aliphatic rings. The first kappa shape index (κ1) is 21.3. The summed E-state index contributed by atoms with van der Waals surface area (Å²) in [5.74, 6) is 0. The zero-order valence-corrected chi connectivity index (χ0v) is 16.8. The van der Waals surface area contributed by atoms with Gasteiger partial charge in [-0.05, 0) is 38.5 Å². The molecule has 2 N–H and O–H groups in total. The van der Waals surface area contributed by atoms with Gasteiger partial charge in [0.2, 0.25) is 10.0 Å². The average Bonchev–Trinajstić information content (AvgIpc) is 2.60. The van der Waals surface area contributed by atoms with Gasteiger partial charge in [-0.2, -0.15) is 0 Å². The maximum Gasteiger partial charge on any atom is 0.290 e. The highest BCUT2D eigenvalue weighted by molar-refractivity contribution is 7.89. The summed E-state index contributed by atoms with van der Waals surface area (Å²) in [6.45, 7) is 5.73. The van der Waals surface area contributed by atoms with Crippen LogP contribution in [-0.4, -0.2) is 25.4 Å². The van der Waals surface area contributed by atoms with Crippen LogP contribution in [0.4, 0.5) is 5.69 Å². The fraction of sp³-hybridized carbons (Fsp3) is 0.333. The zero-order valence-electron chi connectivity index (χ0n) is 15.3. The smallest absolute Gasteiger partial charge is 0.290 e. The summed E-state index contributed by atoms with van der Waals surface area (Å²) < 4.78 is 27.6. The molecule has 0 saturated heterocycles. The van der Waals surface area contributed by atoms with Gasteiger partial charge in [0, 0.05) is 29.2 Å². The lowest BCUT2D eigenvalue weighted by atomic mass is 10.0. The molecule has 0 radical (unpaired) electrons. The first-order valence-electron chi connectivity index (χ1n) is 8.28. The van der Waals surface area contributed by atoms with Gasteiger partial charge in [-0.3, -0.25) is 10.1 Å². The van der Waals surface area contributed by atoms with Gasteiger partial charge in [-0.1, -0.05) is 41.9 Å². The van der Waals surface area contributed by atoms with Gasteiger partial charge in [-0.15, -0.1) is 0 Å². The molecule has 7 nitrogen and oxygen atoms in total. The van der Waals surface area contributed by atoms with Crippen molar-refractivity contribution in [2.45, 2.75) is 37.2 Å². The van der Waals surface area contributed by atoms with Crippen LogP contribution in [0.2, 0.25) is 5.02 Å². The Bertz CT molecular complexity index is 917. The fourth-order valence-electron chi connectivity index (χ4n) is 2.68. The molecule has 0 saturated carbocycles. The second kappa shape index (κ2) is 8.35. The van der Waals surface area contributed by atoms with Crippen molar-refractivity contribution < 1.29 is 13.3 Å². The van der Waals surface area contributed by atoms with Gasteiger partial charge in [0.05, 0.1) is 4.92 Å². The molecular weight excluding hydrogens is 390 g/mol. The number of nitrogens with zero attached hydrogens (tertiary/aromatic N) is 1. The van der Waals surface area contributed by atoms with Crippen LogP contribution in [0, 0.1) is 10.1 Å². The Morgan fingerprint density at radius 2 is 1.81 bits per heavy atom. The van der Waals surface area contributed by atoms with Gasteiger partial charge >= 0.3 is 0 Å². The van der Waals surface area contributed by atoms with Crippen LogP contribution < -0.4 is 10.0 Å². The predicted molar refractivity (Wildman–Crippen MR) is 105 cm³/mol. The summed E-state index contributed by atoms with van der Waals surface area (Å²) in [6.07, 6.45) is 0. The number of rotatable bonds is 8. The molecule has 0 aliphatic heterocycles. The van der Waals surface area contributed by atoms with Crippen LogP contribution in [0.3, 0.4) is 0 Å². The molecule has 2 aromatic carbocycles. The zero-order chi connectivity index (χ0) is 20.2. The van der Waals surface area contributed by atoms with Crippen LogP contribution in [0.5, 0.6) is 0 Å². The van der Waals surface area contributed by atoms with E-state index in [4.69, 9.17) is 11.6 Å². The molecule has 0 aromatic heterocycles. The van der Waals surface area contributed by atoms with Crippen LogP contribution in [0.15, 0.2) is 53.4 Å². The highest BCUT2D eigenvalue weighted by atomic mass is 35.5. The largest absolute Gasteiger partial charge is 0.304 e. The Kier molecular flexibility index (Phi) is 6.59. The normalized spacial score (nSPS) is 13.3. The molecule has 0 amide bonds. The van der Waals surface area contributed by atoms with Crippen LogP contribution in [0.1, 0.15) is 32.4 Å². The van der Waals surface area contributed by atoms with Gasteiger partial charge in [-0.25, -0.2) is 13.1 Å². The van der Waals surface area contributed by atoms with Gasteiger partial charge in [0.15, 0.2) is 4.90 Å². The van der Waals surface area contributed by atoms with Gasteiger partial charge < -0.3 is 5.32 Å². The molecule has 0 fully saturated rings. The number of nitro benzene ring substituents is 1. The van der Waals surface area contributed by atoms with E-state index in [9.17, 15) is 18.5 Å². The van der Waals surface area contributed by atoms with Crippen molar-refractivity contribution in [1.29, 1.82) is 0 Å². The molecule has 0 aliphatic carbocycles. The van der Waals surface area contributed by atoms with Crippen LogP contribution >= 0.6 is 11.6 Å². The molecule has 2 rings (SSSR count). The van der Waals surface area contributed by atoms with E-state index in [1.165, 1.54) is 6.07 Å². The van der Waals surface area contributed by atoms with Gasteiger partial charge in [0.25, 0.3) is 5.69 Å². The molecule has 2 aromatic rings. The van der Waals surface area contributed by atoms with Crippen molar-refractivity contribution in [2.75, 3.05) is 6.54 Å². The fourth-order valence-corrected chi connectivity index (χ4v) is 4.20. The standard InChI is InChI=1S/C18H22ClN3O4S/c1-13(14-7-5-4-6-8-14)21-18(2,3)12-20-27(25,26)17-10-9-15(19)11-16(17)22(23)24/h4-11,13,20-21H,12H2,1-3H3. The third-order valence-electron chi connectivity index (χ3n) is 4.02. The number of halogens is 1. The van der Waals surface area contributed by atoms with Crippen molar-refractivity contribution in [3.63, 3.8) is 0 Å². The average molecular weight is 412 g/mol. The van der Waals surface area contributed by atoms with Crippen molar-refractivity contribution >= 4 is 27.3 Å². The van der Waals surface area contributed by atoms with Crippen molar-refractivity contribution in [2.24, 2.45) is 0 Å². The number of hydrogen-bond acceptors (Lipinski definition) is 5. The number of nitro groups is 1. The lowest BCUT2D eigenvalue weighted by Crippen LogP contribution is -2.49. The second-order valence-electron chi connectivity index (χ2n) is 6.85. The summed E-state index contributed by atoms with van der Waals surface area (Å²) in [5.41, 5.74) is -0.0797. The molecule has 0 spiro atoms. The third-order valence-corrected chi connectivity index (χ3v) is 5.70. The van der Waals surface area contributed by atoms with Crippen LogP contribution in [0.25, 0.3) is 0 Å². The summed E-state index contributed by atoms with van der Waals surface area (Å²) >= 11 is 5.75. The quantitative estimate of drug-likeness (QED) is 0.510. The Balaban J connectivity index is 2.13. The minimum absolute atomic E-state index is 0.00410. The summed E-state index contributed by atoms with van der Waals surface area (Å²) in [6, 6.07) is 13.2. The van der Waals surface area contributed by atoms with E-state index in [1.54, 1.807) is 0 Å². The predicted octanol–water partition coefficient (Wildman–Crippen LogP) is 3.66. The van der Waals surface area contributed by atoms with Gasteiger partial charge in [0.1, 0.15) is 0 Å². The Morgan fingerprint density at radius 3 is 2.41 bits per heavy atom. The number of sulfonamides is 1. The molecule has 0 bridgehead atoms. The highest BCUT2D eigenvalue weighted by Crippen LogP contribution is 2.27. The minimum Gasteiger partial charge on any atom is -0.304 e. The maximum absolute atomic E-state index is 12.6. The lowest BCUT2D eigenvalue weighted by Gasteiger charge is -2.30. The molecular formula is C18H22ClN3O4S. The monoisotopic (exact) mass is 411 g/mol. The molecule has 1 atom stereocenters. The summed E-state index contributed by atoms with van der Waals surface area (Å²) in [4.78, 5) is 9.99. The van der Waals surface area contributed by atoms with Crippen molar-refractivity contribution in [3.8, 4) is 0 Å². The summed E-state index contributed by atoms with van der Waals surface area (Å²) in [7, 11) is -4.08. The van der Waals surface area contributed by atoms with E-state index in [1.807, 2.05) is 51.1 Å². The second-order valence-corrected chi connectivity index (χ2v) is 9.03. The molecule has 0 heterocycles. The topological polar surface area (TPSA) is 101 Å². The van der Waals surface area contributed by atoms with E-state index < -0.39 is 31.1 Å². The Labute approximate surface area is 163 Å². The molecule has 9 heteroatoms. The number of hydrogen-bond donors (Lipinski definition) is 2. The summed E-state index contributed by atoms with van der Waals surface area (Å²) in [5, 5.41) is 14.6. The van der Waals surface area contributed by atoms with E-state index in [2.05, 4.69) is 10.0 Å². The van der Waals surface area contributed by atoms with E-state index in [-0.39, 0.29) is 17.6 Å². The first-order valence-corrected chi connectivity index (χ1v) is 10.1. The molecule has 146 valence electrons. The maximum atomic E-state index is 12.6. The van der Waals surface area contributed by atoms with E-state index in [0.717, 1.165) is 17.7 Å². The van der Waals surface area contributed by atoms with Crippen molar-refractivity contribution in [3.05, 3.63) is 69.2 Å². The first-order chi connectivity index (χ1) is 12.5. The Hall–Kier alpha value is -2.00. The SMILES string of the molecule is CC(NC(C)(C)CNS(=O)(=O)c1ccc(Cl)cc1[N+](=O)[O-])c1ccccc1. The lowest BCUT2D eigenvalue weighted by molar-refractivity contribution is -0.387. The minimum atomic E-state index is -4.08. The van der Waals surface area contributed by atoms with Crippen molar-refractivity contribution in [1.82, 2.24) is 10.0 Å². The van der Waals surface area contributed by atoms with E-state index in [0.29, 0.717) is 0 Å². The molecule has 1 unspecified atom stereocenters. The third kappa shape index (κ3) is 5.74. The molecule has 27 heavy (non-hydrogen) atoms. The Morgan fingerprint density at radius 1 is 1.19 bits per heavy atom.